The standard InChI is InChI=1S/C27H18N8O/c28-13-17-8-10-35(16-17)27(36)24-11-19-1-2-20(12-23(19)33-24)26-29-9-7-25(34-26)32-22-5-3-18(4-6-22)21-14-30-31-15-21/h1-12,14-16,33H,(H,30,31)(H,29,32,34). The molecular formula is C27H18N8O. The summed E-state index contributed by atoms with van der Waals surface area (Å²) in [6, 6.07) is 21.0. The SMILES string of the molecule is N#Cc1ccn(C(=O)c2cc3ccc(-c4nccc(Nc5ccc(-c6cn[nH]c6)cc5)n4)cc3[nH]2)c1. The van der Waals surface area contributed by atoms with Crippen LogP contribution < -0.4 is 5.32 Å². The van der Waals surface area contributed by atoms with Crippen LogP contribution in [0.4, 0.5) is 11.5 Å². The van der Waals surface area contributed by atoms with Gasteiger partial charge in [-0.25, -0.2) is 9.97 Å². The van der Waals surface area contributed by atoms with Gasteiger partial charge in [0.1, 0.15) is 17.6 Å². The van der Waals surface area contributed by atoms with Crippen molar-refractivity contribution in [2.75, 3.05) is 5.32 Å². The average Bonchev–Trinajstić information content (AvgIpc) is 3.69. The number of hydrogen-bond donors (Lipinski definition) is 3. The molecule has 0 atom stereocenters. The largest absolute Gasteiger partial charge is 0.350 e. The molecule has 9 heteroatoms. The van der Waals surface area contributed by atoms with Gasteiger partial charge < -0.3 is 10.3 Å². The van der Waals surface area contributed by atoms with E-state index in [1.807, 2.05) is 60.8 Å². The first-order valence-corrected chi connectivity index (χ1v) is 11.1. The van der Waals surface area contributed by atoms with E-state index in [1.54, 1.807) is 30.7 Å². The number of hydrogen-bond acceptors (Lipinski definition) is 6. The van der Waals surface area contributed by atoms with Crippen LogP contribution in [0.3, 0.4) is 0 Å². The Morgan fingerprint density at radius 2 is 1.86 bits per heavy atom. The fourth-order valence-electron chi connectivity index (χ4n) is 3.98. The van der Waals surface area contributed by atoms with Crippen LogP contribution in [-0.2, 0) is 0 Å². The van der Waals surface area contributed by atoms with Crippen molar-refractivity contribution in [3.05, 3.63) is 103 Å². The van der Waals surface area contributed by atoms with Crippen molar-refractivity contribution >= 4 is 28.3 Å². The number of H-pyrrole nitrogens is 2. The summed E-state index contributed by atoms with van der Waals surface area (Å²) in [4.78, 5) is 25.1. The number of benzene rings is 2. The molecule has 36 heavy (non-hydrogen) atoms. The Morgan fingerprint density at radius 1 is 1.00 bits per heavy atom. The molecule has 6 aromatic rings. The Bertz CT molecular complexity index is 1740. The fraction of sp³-hybridized carbons (Fsp3) is 0. The van der Waals surface area contributed by atoms with Crippen LogP contribution in [0.25, 0.3) is 33.4 Å². The Morgan fingerprint density at radius 3 is 2.64 bits per heavy atom. The van der Waals surface area contributed by atoms with Crippen LogP contribution in [0.1, 0.15) is 16.1 Å². The number of anilines is 2. The fourth-order valence-corrected chi connectivity index (χ4v) is 3.98. The lowest BCUT2D eigenvalue weighted by Crippen LogP contribution is -2.09. The molecule has 0 amide bonds. The molecule has 9 nitrogen and oxygen atoms in total. The summed E-state index contributed by atoms with van der Waals surface area (Å²) in [6.07, 6.45) is 8.43. The first-order valence-electron chi connectivity index (χ1n) is 11.1. The minimum Gasteiger partial charge on any atom is -0.350 e. The van der Waals surface area contributed by atoms with Crippen molar-refractivity contribution in [2.24, 2.45) is 0 Å². The molecule has 0 bridgehead atoms. The zero-order chi connectivity index (χ0) is 24.5. The molecule has 0 fully saturated rings. The molecule has 0 aliphatic carbocycles. The summed E-state index contributed by atoms with van der Waals surface area (Å²) >= 11 is 0. The second kappa shape index (κ2) is 8.70. The van der Waals surface area contributed by atoms with Gasteiger partial charge in [-0.15, -0.1) is 0 Å². The monoisotopic (exact) mass is 470 g/mol. The van der Waals surface area contributed by atoms with Gasteiger partial charge in [-0.1, -0.05) is 24.3 Å². The molecule has 2 aromatic carbocycles. The molecule has 0 aliphatic heterocycles. The molecule has 6 rings (SSSR count). The molecule has 0 saturated heterocycles. The lowest BCUT2D eigenvalue weighted by Gasteiger charge is -2.08. The lowest BCUT2D eigenvalue weighted by atomic mass is 10.1. The number of carbonyl (C=O) groups is 1. The maximum Gasteiger partial charge on any atom is 0.278 e. The molecule has 4 heterocycles. The Kier molecular flexibility index (Phi) is 5.09. The molecule has 172 valence electrons. The van der Waals surface area contributed by atoms with Crippen molar-refractivity contribution < 1.29 is 4.79 Å². The second-order valence-electron chi connectivity index (χ2n) is 8.16. The van der Waals surface area contributed by atoms with Gasteiger partial charge in [-0.2, -0.15) is 10.4 Å². The smallest absolute Gasteiger partial charge is 0.278 e. The Labute approximate surface area is 205 Å². The molecule has 3 N–H and O–H groups in total. The Hall–Kier alpha value is -5.49. The number of nitriles is 1. The zero-order valence-corrected chi connectivity index (χ0v) is 18.8. The van der Waals surface area contributed by atoms with Gasteiger partial charge in [0.2, 0.25) is 0 Å². The summed E-state index contributed by atoms with van der Waals surface area (Å²) in [6.45, 7) is 0. The van der Waals surface area contributed by atoms with Crippen LogP contribution in [0, 0.1) is 11.3 Å². The predicted octanol–water partition coefficient (Wildman–Crippen LogP) is 5.12. The highest BCUT2D eigenvalue weighted by molar-refractivity contribution is 6.00. The van der Waals surface area contributed by atoms with Gasteiger partial charge in [0.05, 0.1) is 11.8 Å². The third kappa shape index (κ3) is 3.99. The van der Waals surface area contributed by atoms with Crippen molar-refractivity contribution in [1.82, 2.24) is 29.7 Å². The van der Waals surface area contributed by atoms with E-state index in [9.17, 15) is 4.79 Å². The van der Waals surface area contributed by atoms with E-state index in [4.69, 9.17) is 5.26 Å². The number of fused-ring (bicyclic) bond motifs is 1. The maximum atomic E-state index is 12.8. The average molecular weight is 470 g/mol. The van der Waals surface area contributed by atoms with Gasteiger partial charge in [0.15, 0.2) is 5.82 Å². The highest BCUT2D eigenvalue weighted by atomic mass is 16.2. The third-order valence-corrected chi connectivity index (χ3v) is 5.81. The number of carbonyl (C=O) groups excluding carboxylic acids is 1. The van der Waals surface area contributed by atoms with Crippen LogP contribution >= 0.6 is 0 Å². The van der Waals surface area contributed by atoms with Gasteiger partial charge in [0, 0.05) is 52.5 Å². The number of nitrogens with zero attached hydrogens (tertiary/aromatic N) is 5. The number of aromatic amines is 2. The summed E-state index contributed by atoms with van der Waals surface area (Å²) in [5, 5.41) is 20.0. The number of aromatic nitrogens is 6. The summed E-state index contributed by atoms with van der Waals surface area (Å²) < 4.78 is 1.39. The molecule has 0 spiro atoms. The van der Waals surface area contributed by atoms with Crippen molar-refractivity contribution in [3.8, 4) is 28.6 Å². The first kappa shape index (κ1) is 21.1. The van der Waals surface area contributed by atoms with E-state index in [0.717, 1.165) is 33.3 Å². The highest BCUT2D eigenvalue weighted by Gasteiger charge is 2.13. The van der Waals surface area contributed by atoms with E-state index < -0.39 is 0 Å². The molecular weight excluding hydrogens is 452 g/mol. The molecule has 0 radical (unpaired) electrons. The van der Waals surface area contributed by atoms with Gasteiger partial charge in [-0.05, 0) is 42.0 Å². The minimum atomic E-state index is -0.240. The summed E-state index contributed by atoms with van der Waals surface area (Å²) in [5.74, 6) is 0.985. The van der Waals surface area contributed by atoms with Crippen LogP contribution in [-0.4, -0.2) is 35.6 Å². The maximum absolute atomic E-state index is 12.8. The molecule has 4 aromatic heterocycles. The number of nitrogens with one attached hydrogen (secondary N) is 3. The van der Waals surface area contributed by atoms with E-state index in [-0.39, 0.29) is 5.91 Å². The second-order valence-corrected chi connectivity index (χ2v) is 8.16. The highest BCUT2D eigenvalue weighted by Crippen LogP contribution is 2.25. The van der Waals surface area contributed by atoms with Gasteiger partial charge in [0.25, 0.3) is 5.91 Å². The van der Waals surface area contributed by atoms with Crippen molar-refractivity contribution in [3.63, 3.8) is 0 Å². The van der Waals surface area contributed by atoms with Gasteiger partial charge in [-0.3, -0.25) is 14.5 Å². The van der Waals surface area contributed by atoms with Crippen molar-refractivity contribution in [1.29, 1.82) is 5.26 Å². The summed E-state index contributed by atoms with van der Waals surface area (Å²) in [5.41, 5.74) is 5.46. The van der Waals surface area contributed by atoms with Crippen LogP contribution in [0.5, 0.6) is 0 Å². The normalized spacial score (nSPS) is 10.9. The molecule has 0 aliphatic rings. The van der Waals surface area contributed by atoms with E-state index >= 15 is 0 Å². The Balaban J connectivity index is 1.24. The van der Waals surface area contributed by atoms with Gasteiger partial charge >= 0.3 is 0 Å². The lowest BCUT2D eigenvalue weighted by molar-refractivity contribution is 0.0956. The number of rotatable bonds is 5. The predicted molar refractivity (Wildman–Crippen MR) is 136 cm³/mol. The first-order chi connectivity index (χ1) is 17.7. The van der Waals surface area contributed by atoms with E-state index in [1.165, 1.54) is 10.8 Å². The van der Waals surface area contributed by atoms with Crippen molar-refractivity contribution in [2.45, 2.75) is 0 Å². The van der Waals surface area contributed by atoms with Crippen LogP contribution in [0.15, 0.2) is 91.6 Å². The van der Waals surface area contributed by atoms with E-state index in [2.05, 4.69) is 30.5 Å². The molecule has 0 unspecified atom stereocenters. The van der Waals surface area contributed by atoms with E-state index in [0.29, 0.717) is 22.9 Å². The van der Waals surface area contributed by atoms with Crippen LogP contribution in [0.2, 0.25) is 0 Å². The topological polar surface area (TPSA) is 128 Å². The molecule has 0 saturated carbocycles. The zero-order valence-electron chi connectivity index (χ0n) is 18.8. The third-order valence-electron chi connectivity index (χ3n) is 5.81. The minimum absolute atomic E-state index is 0.240. The quantitative estimate of drug-likeness (QED) is 0.321. The summed E-state index contributed by atoms with van der Waals surface area (Å²) in [7, 11) is 0.